The van der Waals surface area contributed by atoms with Gasteiger partial charge in [0, 0.05) is 13.0 Å². The van der Waals surface area contributed by atoms with Gasteiger partial charge in [0.15, 0.2) is 5.82 Å². The summed E-state index contributed by atoms with van der Waals surface area (Å²) in [6, 6.07) is 0. The van der Waals surface area contributed by atoms with E-state index in [9.17, 15) is 0 Å². The summed E-state index contributed by atoms with van der Waals surface area (Å²) in [6.45, 7) is 3.29. The standard InChI is InChI=1S/C6H14N4P4/c1-4-3-10-6(7-8-9-10)2-5(4)14(12)13-11/h4-5,13H,2-3,11-12H2,1H3/t4-,5-,14?/m0/s1. The van der Waals surface area contributed by atoms with Gasteiger partial charge in [-0.15, -0.1) is 23.0 Å². The third kappa shape index (κ3) is 2.14. The summed E-state index contributed by atoms with van der Waals surface area (Å²) < 4.78 is 1.95. The highest BCUT2D eigenvalue weighted by molar-refractivity contribution is 8.61. The number of nitrogens with zero attached hydrogens (tertiary/aromatic N) is 4. The largest absolute Gasteiger partial charge is 0.229 e. The fourth-order valence-electron chi connectivity index (χ4n) is 1.76. The zero-order valence-corrected chi connectivity index (χ0v) is 12.2. The molecule has 4 unspecified atom stereocenters. The predicted molar refractivity (Wildman–Crippen MR) is 69.1 cm³/mol. The summed E-state index contributed by atoms with van der Waals surface area (Å²) in [5.74, 6) is 1.76. The van der Waals surface area contributed by atoms with Gasteiger partial charge in [-0.1, -0.05) is 22.2 Å². The van der Waals surface area contributed by atoms with E-state index in [4.69, 9.17) is 0 Å². The molecule has 14 heavy (non-hydrogen) atoms. The highest BCUT2D eigenvalue weighted by atomic mass is 32.6. The van der Waals surface area contributed by atoms with Gasteiger partial charge in [-0.2, -0.15) is 0 Å². The summed E-state index contributed by atoms with van der Waals surface area (Å²) in [4.78, 5) is 0. The van der Waals surface area contributed by atoms with Crippen LogP contribution < -0.4 is 0 Å². The van der Waals surface area contributed by atoms with Crippen LogP contribution in [0.2, 0.25) is 0 Å². The van der Waals surface area contributed by atoms with Crippen molar-refractivity contribution in [3.05, 3.63) is 5.82 Å². The molecular weight excluding hydrogens is 252 g/mol. The Balaban J connectivity index is 2.17. The van der Waals surface area contributed by atoms with Crippen LogP contribution in [0.4, 0.5) is 0 Å². The van der Waals surface area contributed by atoms with Crippen LogP contribution in [0.5, 0.6) is 0 Å². The Kier molecular flexibility index (Phi) is 3.83. The topological polar surface area (TPSA) is 43.6 Å². The second-order valence-corrected chi connectivity index (χ2v) is 13.2. The van der Waals surface area contributed by atoms with Crippen LogP contribution >= 0.6 is 33.1 Å². The van der Waals surface area contributed by atoms with Gasteiger partial charge in [-0.25, -0.2) is 4.68 Å². The summed E-state index contributed by atoms with van der Waals surface area (Å²) in [7, 11) is 6.90. The first-order valence-corrected chi connectivity index (χ1v) is 11.2. The molecule has 1 aliphatic rings. The van der Waals surface area contributed by atoms with Gasteiger partial charge in [0.05, 0.1) is 0 Å². The molecule has 0 fully saturated rings. The Bertz CT molecular complexity index is 317. The van der Waals surface area contributed by atoms with Crippen LogP contribution in [0.3, 0.4) is 0 Å². The van der Waals surface area contributed by atoms with E-state index in [0.29, 0.717) is 5.92 Å². The normalized spacial score (nSPS) is 29.4. The lowest BCUT2D eigenvalue weighted by molar-refractivity contribution is 0.373. The van der Waals surface area contributed by atoms with Gasteiger partial charge >= 0.3 is 0 Å². The maximum atomic E-state index is 4.06. The first-order chi connectivity index (χ1) is 6.72. The van der Waals surface area contributed by atoms with E-state index < -0.39 is 0 Å². The average molecular weight is 266 g/mol. The Morgan fingerprint density at radius 1 is 1.64 bits per heavy atom. The van der Waals surface area contributed by atoms with Gasteiger partial charge < -0.3 is 0 Å². The summed E-state index contributed by atoms with van der Waals surface area (Å²) in [5, 5.41) is 11.8. The second-order valence-electron chi connectivity index (χ2n) is 3.56. The van der Waals surface area contributed by atoms with Crippen LogP contribution in [-0.2, 0) is 13.0 Å². The van der Waals surface area contributed by atoms with Gasteiger partial charge in [0.1, 0.15) is 0 Å². The Hall–Kier alpha value is 0.790. The highest BCUT2D eigenvalue weighted by Crippen LogP contribution is 2.71. The minimum absolute atomic E-state index is 0.0571. The lowest BCUT2D eigenvalue weighted by atomic mass is 10.0. The van der Waals surface area contributed by atoms with E-state index in [1.54, 1.807) is 0 Å². The van der Waals surface area contributed by atoms with E-state index in [0.717, 1.165) is 32.4 Å². The van der Waals surface area contributed by atoms with Crippen molar-refractivity contribution in [2.24, 2.45) is 5.92 Å². The van der Waals surface area contributed by atoms with E-state index in [1.165, 1.54) is 0 Å². The fourth-order valence-corrected chi connectivity index (χ4v) is 7.49. The van der Waals surface area contributed by atoms with Crippen molar-refractivity contribution in [3.63, 3.8) is 0 Å². The van der Waals surface area contributed by atoms with Crippen molar-refractivity contribution in [1.82, 2.24) is 20.2 Å². The van der Waals surface area contributed by atoms with Crippen molar-refractivity contribution in [1.29, 1.82) is 0 Å². The molecule has 8 heteroatoms. The molecule has 0 aromatic carbocycles. The van der Waals surface area contributed by atoms with Gasteiger partial charge in [-0.3, -0.25) is 0 Å². The van der Waals surface area contributed by atoms with Crippen molar-refractivity contribution >= 4 is 33.1 Å². The molecule has 0 bridgehead atoms. The lowest BCUT2D eigenvalue weighted by Gasteiger charge is -2.32. The quantitative estimate of drug-likeness (QED) is 0.768. The number of aromatic nitrogens is 4. The first kappa shape index (κ1) is 11.3. The molecule has 0 saturated heterocycles. The number of hydrogen-bond donors (Lipinski definition) is 0. The van der Waals surface area contributed by atoms with E-state index >= 15 is 0 Å². The average Bonchev–Trinajstić information content (AvgIpc) is 2.62. The van der Waals surface area contributed by atoms with Crippen LogP contribution in [-0.4, -0.2) is 25.9 Å². The second kappa shape index (κ2) is 4.75. The van der Waals surface area contributed by atoms with Crippen molar-refractivity contribution in [2.45, 2.75) is 25.5 Å². The molecule has 0 N–H and O–H groups in total. The third-order valence-corrected chi connectivity index (χ3v) is 14.1. The molecule has 4 nitrogen and oxygen atoms in total. The zero-order valence-electron chi connectivity index (χ0n) is 7.96. The van der Waals surface area contributed by atoms with Crippen molar-refractivity contribution in [3.8, 4) is 0 Å². The lowest BCUT2D eigenvalue weighted by Crippen LogP contribution is -2.30. The zero-order chi connectivity index (χ0) is 10.1. The highest BCUT2D eigenvalue weighted by Gasteiger charge is 2.30. The maximum absolute atomic E-state index is 4.06. The molecule has 2 rings (SSSR count). The minimum atomic E-state index is 0.0571. The van der Waals surface area contributed by atoms with Crippen molar-refractivity contribution in [2.75, 3.05) is 0 Å². The summed E-state index contributed by atoms with van der Waals surface area (Å²) in [5.41, 5.74) is 0.768. The Morgan fingerprint density at radius 3 is 3.14 bits per heavy atom. The monoisotopic (exact) mass is 266 g/mol. The molecule has 78 valence electrons. The smallest absolute Gasteiger partial charge is 0.151 e. The third-order valence-electron chi connectivity index (χ3n) is 2.62. The predicted octanol–water partition coefficient (Wildman–Crippen LogP) is 1.89. The summed E-state index contributed by atoms with van der Waals surface area (Å²) >= 11 is 0. The SMILES string of the molecule is C[C@H]1Cn2nnnc2C[C@@H]1P(P)PP. The number of tetrazole rings is 1. The van der Waals surface area contributed by atoms with Crippen LogP contribution in [0.25, 0.3) is 0 Å². The molecule has 0 radical (unpaired) electrons. The molecule has 0 aliphatic carbocycles. The van der Waals surface area contributed by atoms with Gasteiger partial charge in [0.2, 0.25) is 0 Å². The first-order valence-electron chi connectivity index (χ1n) is 4.47. The molecule has 0 amide bonds. The molecule has 2 heterocycles. The molecule has 0 saturated carbocycles. The Labute approximate surface area is 91.0 Å². The van der Waals surface area contributed by atoms with E-state index in [-0.39, 0.29) is 7.30 Å². The number of rotatable bonds is 2. The Morgan fingerprint density at radius 2 is 2.43 bits per heavy atom. The molecule has 0 spiro atoms. The molecule has 1 aromatic rings. The van der Waals surface area contributed by atoms with Gasteiger partial charge in [0.25, 0.3) is 0 Å². The molecule has 1 aliphatic heterocycles. The van der Waals surface area contributed by atoms with Gasteiger partial charge in [-0.05, 0) is 22.0 Å². The number of hydrogen-bond acceptors (Lipinski definition) is 3. The van der Waals surface area contributed by atoms with E-state index in [1.807, 2.05) is 4.68 Å². The van der Waals surface area contributed by atoms with E-state index in [2.05, 4.69) is 40.3 Å². The fraction of sp³-hybridized carbons (Fsp3) is 0.833. The van der Waals surface area contributed by atoms with Crippen molar-refractivity contribution < 1.29 is 0 Å². The minimum Gasteiger partial charge on any atom is -0.229 e. The molecule has 1 aromatic heterocycles. The summed E-state index contributed by atoms with van der Waals surface area (Å²) in [6.07, 6.45) is 1.05. The molecule has 6 atom stereocenters. The van der Waals surface area contributed by atoms with Crippen LogP contribution in [0, 0.1) is 5.92 Å². The van der Waals surface area contributed by atoms with Crippen LogP contribution in [0.15, 0.2) is 0 Å². The van der Waals surface area contributed by atoms with Crippen LogP contribution in [0.1, 0.15) is 12.7 Å². The maximum Gasteiger partial charge on any atom is 0.151 e. The molecular formula is C6H14N4P4. The number of fused-ring (bicyclic) bond motifs is 1.